The molecule has 0 aliphatic heterocycles. The molecule has 8 heteroatoms. The quantitative estimate of drug-likeness (QED) is 0.329. The van der Waals surface area contributed by atoms with E-state index in [2.05, 4.69) is 15.6 Å². The van der Waals surface area contributed by atoms with Crippen LogP contribution >= 0.6 is 24.0 Å². The summed E-state index contributed by atoms with van der Waals surface area (Å²) < 4.78 is 23.0. The van der Waals surface area contributed by atoms with Gasteiger partial charge < -0.3 is 20.1 Å². The monoisotopic (exact) mass is 497 g/mol. The topological polar surface area (TPSA) is 72.0 Å². The fourth-order valence-corrected chi connectivity index (χ4v) is 2.90. The van der Waals surface area contributed by atoms with Crippen molar-refractivity contribution < 1.29 is 13.7 Å². The van der Waals surface area contributed by atoms with E-state index in [1.807, 2.05) is 52.0 Å². The lowest BCUT2D eigenvalue weighted by atomic mass is 10.3. The largest absolute Gasteiger partial charge is 0.493 e. The number of rotatable bonds is 8. The summed E-state index contributed by atoms with van der Waals surface area (Å²) in [5.41, 5.74) is 0. The summed E-state index contributed by atoms with van der Waals surface area (Å²) in [7, 11) is 2.45. The SMILES string of the molecule is CN=C(NCCS(=O)C(C)(C)C)NCC(C)Oc1ccccc1OC.I. The van der Waals surface area contributed by atoms with E-state index < -0.39 is 10.8 Å². The van der Waals surface area contributed by atoms with Crippen molar-refractivity contribution in [3.63, 3.8) is 0 Å². The molecule has 26 heavy (non-hydrogen) atoms. The zero-order chi connectivity index (χ0) is 18.9. The van der Waals surface area contributed by atoms with Crippen molar-refractivity contribution in [3.8, 4) is 11.5 Å². The number of benzene rings is 1. The van der Waals surface area contributed by atoms with Gasteiger partial charge in [-0.2, -0.15) is 0 Å². The van der Waals surface area contributed by atoms with Gasteiger partial charge in [0, 0.05) is 34.9 Å². The highest BCUT2D eigenvalue weighted by molar-refractivity contribution is 14.0. The lowest BCUT2D eigenvalue weighted by molar-refractivity contribution is 0.213. The van der Waals surface area contributed by atoms with Crippen LogP contribution < -0.4 is 20.1 Å². The number of hydrogen-bond acceptors (Lipinski definition) is 4. The van der Waals surface area contributed by atoms with Crippen molar-refractivity contribution in [2.75, 3.05) is 33.0 Å². The van der Waals surface area contributed by atoms with E-state index in [-0.39, 0.29) is 34.8 Å². The van der Waals surface area contributed by atoms with Gasteiger partial charge in [0.25, 0.3) is 0 Å². The minimum absolute atomic E-state index is 0. The maximum atomic E-state index is 12.0. The predicted molar refractivity (Wildman–Crippen MR) is 121 cm³/mol. The number of nitrogens with zero attached hydrogens (tertiary/aromatic N) is 1. The molecule has 0 aromatic heterocycles. The average Bonchev–Trinajstić information content (AvgIpc) is 2.57. The first-order valence-electron chi connectivity index (χ1n) is 8.40. The lowest BCUT2D eigenvalue weighted by Gasteiger charge is -2.20. The minimum Gasteiger partial charge on any atom is -0.493 e. The first-order valence-corrected chi connectivity index (χ1v) is 9.72. The molecule has 2 unspecified atom stereocenters. The third-order valence-corrected chi connectivity index (χ3v) is 5.38. The van der Waals surface area contributed by atoms with E-state index in [4.69, 9.17) is 9.47 Å². The average molecular weight is 497 g/mol. The fourth-order valence-electron chi connectivity index (χ4n) is 2.00. The molecule has 0 amide bonds. The number of para-hydroxylation sites is 2. The van der Waals surface area contributed by atoms with E-state index in [0.29, 0.717) is 36.3 Å². The molecule has 1 aromatic carbocycles. The van der Waals surface area contributed by atoms with E-state index in [1.54, 1.807) is 14.2 Å². The van der Waals surface area contributed by atoms with Crippen LogP contribution in [0.2, 0.25) is 0 Å². The Balaban J connectivity index is 0.00000625. The second kappa shape index (κ2) is 12.4. The van der Waals surface area contributed by atoms with Crippen molar-refractivity contribution in [3.05, 3.63) is 24.3 Å². The normalized spacial score (nSPS) is 14.0. The molecule has 0 spiro atoms. The highest BCUT2D eigenvalue weighted by Crippen LogP contribution is 2.26. The zero-order valence-electron chi connectivity index (χ0n) is 16.5. The Kier molecular flexibility index (Phi) is 11.9. The number of halogens is 1. The standard InChI is InChI=1S/C18H31N3O3S.HI/c1-14(24-16-10-8-7-9-15(16)23-6)13-21-17(19-5)20-11-12-25(22)18(2,3)4;/h7-10,14H,11-13H2,1-6H3,(H2,19,20,21);1H. The predicted octanol–water partition coefficient (Wildman–Crippen LogP) is 2.79. The van der Waals surface area contributed by atoms with Crippen LogP contribution in [-0.4, -0.2) is 54.0 Å². The van der Waals surface area contributed by atoms with Gasteiger partial charge in [-0.1, -0.05) is 12.1 Å². The van der Waals surface area contributed by atoms with Crippen LogP contribution in [0.4, 0.5) is 0 Å². The number of ether oxygens (including phenoxy) is 2. The fraction of sp³-hybridized carbons (Fsp3) is 0.611. The third-order valence-electron chi connectivity index (χ3n) is 3.44. The van der Waals surface area contributed by atoms with Crippen molar-refractivity contribution in [2.45, 2.75) is 38.5 Å². The highest BCUT2D eigenvalue weighted by Gasteiger charge is 2.18. The molecule has 0 saturated heterocycles. The van der Waals surface area contributed by atoms with Crippen LogP contribution in [0, 0.1) is 0 Å². The van der Waals surface area contributed by atoms with Gasteiger partial charge in [0.05, 0.1) is 13.7 Å². The van der Waals surface area contributed by atoms with Crippen LogP contribution in [0.15, 0.2) is 29.3 Å². The summed E-state index contributed by atoms with van der Waals surface area (Å²) in [5, 5.41) is 6.39. The van der Waals surface area contributed by atoms with Crippen molar-refractivity contribution in [1.29, 1.82) is 0 Å². The summed E-state index contributed by atoms with van der Waals surface area (Å²) >= 11 is 0. The van der Waals surface area contributed by atoms with Crippen molar-refractivity contribution in [2.24, 2.45) is 4.99 Å². The summed E-state index contributed by atoms with van der Waals surface area (Å²) in [6.07, 6.45) is -0.0708. The molecule has 0 aliphatic carbocycles. The second-order valence-corrected chi connectivity index (χ2v) is 8.95. The molecular formula is C18H32IN3O3S. The van der Waals surface area contributed by atoms with Crippen LogP contribution in [0.3, 0.4) is 0 Å². The molecule has 1 aromatic rings. The van der Waals surface area contributed by atoms with E-state index in [0.717, 1.165) is 0 Å². The number of methoxy groups -OCH3 is 1. The molecule has 0 fully saturated rings. The van der Waals surface area contributed by atoms with Crippen LogP contribution in [-0.2, 0) is 10.8 Å². The first kappa shape index (κ1) is 25.0. The maximum Gasteiger partial charge on any atom is 0.191 e. The first-order chi connectivity index (χ1) is 11.8. The van der Waals surface area contributed by atoms with Gasteiger partial charge in [-0.25, -0.2) is 0 Å². The van der Waals surface area contributed by atoms with Gasteiger partial charge in [-0.05, 0) is 39.8 Å². The van der Waals surface area contributed by atoms with Gasteiger partial charge in [-0.3, -0.25) is 9.20 Å². The molecule has 2 N–H and O–H groups in total. The Hall–Kier alpha value is -1.03. The second-order valence-electron chi connectivity index (χ2n) is 6.62. The van der Waals surface area contributed by atoms with Gasteiger partial charge in [0.1, 0.15) is 6.10 Å². The number of aliphatic imine (C=N–C) groups is 1. The van der Waals surface area contributed by atoms with Crippen LogP contribution in [0.5, 0.6) is 11.5 Å². The Bertz CT molecular complexity index is 591. The number of hydrogen-bond donors (Lipinski definition) is 2. The molecule has 150 valence electrons. The van der Waals surface area contributed by atoms with Gasteiger partial charge >= 0.3 is 0 Å². The Morgan fingerprint density at radius 2 is 1.85 bits per heavy atom. The molecule has 6 nitrogen and oxygen atoms in total. The van der Waals surface area contributed by atoms with Gasteiger partial charge in [-0.15, -0.1) is 24.0 Å². The molecule has 0 aliphatic rings. The summed E-state index contributed by atoms with van der Waals surface area (Å²) in [5.74, 6) is 2.67. The minimum atomic E-state index is -0.883. The van der Waals surface area contributed by atoms with Crippen molar-refractivity contribution in [1.82, 2.24) is 10.6 Å². The molecule has 0 radical (unpaired) electrons. The lowest BCUT2D eigenvalue weighted by Crippen LogP contribution is -2.43. The third kappa shape index (κ3) is 9.07. The van der Waals surface area contributed by atoms with Gasteiger partial charge in [0.2, 0.25) is 0 Å². The smallest absolute Gasteiger partial charge is 0.191 e. The van der Waals surface area contributed by atoms with Crippen LogP contribution in [0.1, 0.15) is 27.7 Å². The van der Waals surface area contributed by atoms with E-state index >= 15 is 0 Å². The zero-order valence-corrected chi connectivity index (χ0v) is 19.6. The van der Waals surface area contributed by atoms with Crippen molar-refractivity contribution >= 4 is 40.7 Å². The molecule has 0 heterocycles. The summed E-state index contributed by atoms with van der Waals surface area (Å²) in [4.78, 5) is 4.18. The summed E-state index contributed by atoms with van der Waals surface area (Å²) in [6, 6.07) is 7.56. The Labute approximate surface area is 177 Å². The van der Waals surface area contributed by atoms with E-state index in [1.165, 1.54) is 0 Å². The maximum absolute atomic E-state index is 12.0. The summed E-state index contributed by atoms with van der Waals surface area (Å²) in [6.45, 7) is 9.10. The van der Waals surface area contributed by atoms with E-state index in [9.17, 15) is 4.21 Å². The molecular weight excluding hydrogens is 465 g/mol. The number of nitrogens with one attached hydrogen (secondary N) is 2. The Morgan fingerprint density at radius 1 is 1.23 bits per heavy atom. The highest BCUT2D eigenvalue weighted by atomic mass is 127. The number of guanidine groups is 1. The Morgan fingerprint density at radius 3 is 2.38 bits per heavy atom. The van der Waals surface area contributed by atoms with Crippen LogP contribution in [0.25, 0.3) is 0 Å². The molecule has 0 bridgehead atoms. The molecule has 1 rings (SSSR count). The molecule has 2 atom stereocenters. The molecule has 0 saturated carbocycles. The van der Waals surface area contributed by atoms with Gasteiger partial charge in [0.15, 0.2) is 17.5 Å².